The molecule has 0 spiro atoms. The molecule has 0 radical (unpaired) electrons. The second-order valence-corrected chi connectivity index (χ2v) is 13.3. The highest BCUT2D eigenvalue weighted by Gasteiger charge is 2.58. The van der Waals surface area contributed by atoms with Gasteiger partial charge in [0.2, 0.25) is 0 Å². The van der Waals surface area contributed by atoms with E-state index in [0.717, 1.165) is 17.0 Å². The molecule has 5 atom stereocenters. The fourth-order valence-corrected chi connectivity index (χ4v) is 11.3. The molecule has 1 aliphatic carbocycles. The molecule has 4 bridgehead atoms. The van der Waals surface area contributed by atoms with Crippen LogP contribution in [0.1, 0.15) is 66.8 Å². The van der Waals surface area contributed by atoms with E-state index >= 15 is 0 Å². The zero-order valence-electron chi connectivity index (χ0n) is 19.3. The summed E-state index contributed by atoms with van der Waals surface area (Å²) in [6.07, 6.45) is 8.27. The van der Waals surface area contributed by atoms with Crippen molar-refractivity contribution in [2.24, 2.45) is 11.3 Å². The molecule has 2 aromatic carbocycles. The Kier molecular flexibility index (Phi) is 4.83. The van der Waals surface area contributed by atoms with E-state index in [2.05, 4.69) is 45.5 Å². The van der Waals surface area contributed by atoms with Gasteiger partial charge in [-0.3, -0.25) is 0 Å². The Balaban J connectivity index is 1.57. The van der Waals surface area contributed by atoms with Gasteiger partial charge in [-0.2, -0.15) is 0 Å². The second-order valence-electron chi connectivity index (χ2n) is 11.0. The van der Waals surface area contributed by atoms with Crippen molar-refractivity contribution in [3.63, 3.8) is 0 Å². The molecule has 4 fully saturated rings. The number of rotatable bonds is 4. The molecule has 1 saturated carbocycles. The van der Waals surface area contributed by atoms with E-state index in [0.29, 0.717) is 10.8 Å². The van der Waals surface area contributed by atoms with Crippen molar-refractivity contribution in [2.45, 2.75) is 58.3 Å². The molecule has 5 unspecified atom stereocenters. The molecule has 3 saturated heterocycles. The third-order valence-electron chi connectivity index (χ3n) is 8.70. The molecule has 0 amide bonds. The summed E-state index contributed by atoms with van der Waals surface area (Å²) in [7, 11) is 0.124. The van der Waals surface area contributed by atoms with Gasteiger partial charge >= 0.3 is 0 Å². The third kappa shape index (κ3) is 3.25. The quantitative estimate of drug-likeness (QED) is 0.310. The van der Waals surface area contributed by atoms with E-state index in [-0.39, 0.29) is 25.3 Å². The number of allylic oxidation sites excluding steroid dienone is 1. The van der Waals surface area contributed by atoms with E-state index in [1.54, 1.807) is 12.1 Å². The number of benzene rings is 2. The van der Waals surface area contributed by atoms with Gasteiger partial charge in [0.05, 0.1) is 0 Å². The van der Waals surface area contributed by atoms with Crippen molar-refractivity contribution < 1.29 is 10.2 Å². The largest absolute Gasteiger partial charge is 0.504 e. The van der Waals surface area contributed by atoms with Gasteiger partial charge in [-0.1, -0.05) is 37.3 Å². The fraction of sp³-hybridized carbons (Fsp3) is 0.500. The molecule has 4 aliphatic rings. The second kappa shape index (κ2) is 7.11. The van der Waals surface area contributed by atoms with Gasteiger partial charge in [-0.15, -0.1) is 7.92 Å². The summed E-state index contributed by atoms with van der Waals surface area (Å²) in [5.41, 5.74) is 8.40. The summed E-state index contributed by atoms with van der Waals surface area (Å²) in [4.78, 5) is 0. The smallest absolute Gasteiger partial charge is 0.157 e. The van der Waals surface area contributed by atoms with Crippen LogP contribution in [0, 0.1) is 25.2 Å². The highest BCUT2D eigenvalue weighted by atomic mass is 31.1. The standard InChI is InChI=1S/C28H35O2P/c1-17(2)27-11-21-12-28(14-27,16-31(13-21)15-27)22-7-6-18(3)23(9-22)20(5)24-10-26(30)25(29)8-19(24)4/h6-10,20-21,29-30H,1,11-16H2,2-5H3. The van der Waals surface area contributed by atoms with Crippen LogP contribution in [-0.4, -0.2) is 28.7 Å². The summed E-state index contributed by atoms with van der Waals surface area (Å²) < 4.78 is 0. The Bertz CT molecular complexity index is 1050. The predicted molar refractivity (Wildman–Crippen MR) is 131 cm³/mol. The van der Waals surface area contributed by atoms with E-state index in [9.17, 15) is 10.2 Å². The van der Waals surface area contributed by atoms with E-state index in [1.807, 2.05) is 6.92 Å². The molecular weight excluding hydrogens is 399 g/mol. The lowest BCUT2D eigenvalue weighted by atomic mass is 9.55. The third-order valence-corrected chi connectivity index (χ3v) is 11.8. The fourth-order valence-electron chi connectivity index (χ4n) is 7.29. The topological polar surface area (TPSA) is 40.5 Å². The van der Waals surface area contributed by atoms with Gasteiger partial charge in [0.15, 0.2) is 11.5 Å². The Morgan fingerprint density at radius 2 is 1.74 bits per heavy atom. The maximum absolute atomic E-state index is 10.1. The van der Waals surface area contributed by atoms with Gasteiger partial charge in [0.1, 0.15) is 0 Å². The van der Waals surface area contributed by atoms with Gasteiger partial charge in [0.25, 0.3) is 0 Å². The minimum absolute atomic E-state index is 0.0338. The van der Waals surface area contributed by atoms with Crippen LogP contribution in [0.2, 0.25) is 0 Å². The van der Waals surface area contributed by atoms with Crippen molar-refractivity contribution in [1.29, 1.82) is 0 Å². The Morgan fingerprint density at radius 1 is 1.03 bits per heavy atom. The zero-order valence-corrected chi connectivity index (χ0v) is 20.2. The van der Waals surface area contributed by atoms with E-state index in [4.69, 9.17) is 0 Å². The van der Waals surface area contributed by atoms with Crippen LogP contribution in [-0.2, 0) is 5.41 Å². The van der Waals surface area contributed by atoms with Gasteiger partial charge < -0.3 is 10.2 Å². The first-order valence-corrected chi connectivity index (χ1v) is 13.5. The van der Waals surface area contributed by atoms with Gasteiger partial charge in [0, 0.05) is 11.3 Å². The monoisotopic (exact) mass is 434 g/mol. The van der Waals surface area contributed by atoms with Gasteiger partial charge in [-0.05, 0) is 110 Å². The highest BCUT2D eigenvalue weighted by molar-refractivity contribution is 7.58. The van der Waals surface area contributed by atoms with Crippen LogP contribution in [0.25, 0.3) is 0 Å². The molecule has 3 aliphatic heterocycles. The number of phenolic OH excluding ortho intramolecular Hbond substituents is 2. The van der Waals surface area contributed by atoms with Crippen LogP contribution in [0.4, 0.5) is 0 Å². The number of aryl methyl sites for hydroxylation is 2. The average Bonchev–Trinajstić information content (AvgIpc) is 2.69. The van der Waals surface area contributed by atoms with Gasteiger partial charge in [-0.25, -0.2) is 0 Å². The van der Waals surface area contributed by atoms with Crippen LogP contribution >= 0.6 is 7.92 Å². The van der Waals surface area contributed by atoms with Crippen molar-refractivity contribution in [2.75, 3.05) is 18.5 Å². The molecule has 3 heteroatoms. The molecule has 0 aromatic heterocycles. The Hall–Kier alpha value is -1.79. The minimum Gasteiger partial charge on any atom is -0.504 e. The number of aromatic hydroxyl groups is 2. The van der Waals surface area contributed by atoms with Crippen LogP contribution in [0.3, 0.4) is 0 Å². The zero-order chi connectivity index (χ0) is 22.1. The molecule has 2 aromatic rings. The highest BCUT2D eigenvalue weighted by Crippen LogP contribution is 2.71. The van der Waals surface area contributed by atoms with Crippen molar-refractivity contribution in [3.8, 4) is 11.5 Å². The molecule has 164 valence electrons. The molecule has 3 heterocycles. The molecule has 2 N–H and O–H groups in total. The molecule has 2 nitrogen and oxygen atoms in total. The maximum atomic E-state index is 10.1. The molecule has 6 rings (SSSR count). The first kappa shape index (κ1) is 21.1. The average molecular weight is 435 g/mol. The summed E-state index contributed by atoms with van der Waals surface area (Å²) in [6.45, 7) is 13.2. The first-order valence-electron chi connectivity index (χ1n) is 11.6. The summed E-state index contributed by atoms with van der Waals surface area (Å²) in [5, 5.41) is 20.0. The Labute approximate surface area is 188 Å². The van der Waals surface area contributed by atoms with Crippen LogP contribution < -0.4 is 0 Å². The number of hydrogen-bond donors (Lipinski definition) is 2. The minimum atomic E-state index is -0.0418. The van der Waals surface area contributed by atoms with Crippen molar-refractivity contribution in [3.05, 3.63) is 70.3 Å². The summed E-state index contributed by atoms with van der Waals surface area (Å²) >= 11 is 0. The Morgan fingerprint density at radius 3 is 2.45 bits per heavy atom. The predicted octanol–water partition coefficient (Wildman–Crippen LogP) is 6.98. The lowest BCUT2D eigenvalue weighted by Gasteiger charge is -2.63. The lowest BCUT2D eigenvalue weighted by molar-refractivity contribution is 0.111. The van der Waals surface area contributed by atoms with E-state index in [1.165, 1.54) is 60.0 Å². The molecular formula is C28H35O2P. The van der Waals surface area contributed by atoms with E-state index < -0.39 is 0 Å². The lowest BCUT2D eigenvalue weighted by Crippen LogP contribution is -2.55. The van der Waals surface area contributed by atoms with Crippen LogP contribution in [0.5, 0.6) is 11.5 Å². The van der Waals surface area contributed by atoms with Crippen LogP contribution in [0.15, 0.2) is 42.5 Å². The maximum Gasteiger partial charge on any atom is 0.157 e. The summed E-state index contributed by atoms with van der Waals surface area (Å²) in [6, 6.07) is 10.6. The molecule has 31 heavy (non-hydrogen) atoms. The summed E-state index contributed by atoms with van der Waals surface area (Å²) in [5.74, 6) is 0.965. The number of phenols is 2. The SMILES string of the molecule is C=C(C)C12CC3CP(C1)CC(c1ccc(C)c(C(C)c4cc(O)c(O)cc4C)c1)(C3)C2. The number of hydrogen-bond acceptors (Lipinski definition) is 2. The van der Waals surface area contributed by atoms with Crippen molar-refractivity contribution in [1.82, 2.24) is 0 Å². The first-order chi connectivity index (χ1) is 14.6. The normalized spacial score (nSPS) is 32.3. The van der Waals surface area contributed by atoms with Crippen molar-refractivity contribution >= 4 is 7.92 Å².